The van der Waals surface area contributed by atoms with Crippen molar-refractivity contribution in [2.24, 2.45) is 5.73 Å². The van der Waals surface area contributed by atoms with E-state index in [4.69, 9.17) is 17.3 Å². The largest absolute Gasteiger partial charge is 0.433 e. The van der Waals surface area contributed by atoms with Crippen molar-refractivity contribution in [2.45, 2.75) is 6.18 Å². The number of hydrogen-bond donors (Lipinski definition) is 2. The van der Waals surface area contributed by atoms with Gasteiger partial charge in [0.2, 0.25) is 5.95 Å². The van der Waals surface area contributed by atoms with Crippen LogP contribution in [0.3, 0.4) is 0 Å². The van der Waals surface area contributed by atoms with Crippen LogP contribution < -0.4 is 11.1 Å². The Hall–Kier alpha value is -1.93. The molecule has 9 heteroatoms. The van der Waals surface area contributed by atoms with Crippen molar-refractivity contribution in [1.29, 1.82) is 0 Å². The molecule has 1 aromatic heterocycles. The molecule has 2 aromatic rings. The number of halogens is 4. The molecular weight excluding hydrogens is 325 g/mol. The molecule has 0 radical (unpaired) electrons. The maximum atomic E-state index is 12.9. The minimum Gasteiger partial charge on any atom is -0.376 e. The van der Waals surface area contributed by atoms with Crippen LogP contribution in [0.25, 0.3) is 11.3 Å². The summed E-state index contributed by atoms with van der Waals surface area (Å²) in [5.74, 6) is -0.317. The molecule has 2 rings (SSSR count). The van der Waals surface area contributed by atoms with E-state index in [9.17, 15) is 13.2 Å². The van der Waals surface area contributed by atoms with E-state index in [0.29, 0.717) is 10.6 Å². The lowest BCUT2D eigenvalue weighted by Gasteiger charge is -2.11. The molecule has 0 aliphatic rings. The van der Waals surface area contributed by atoms with Gasteiger partial charge in [-0.2, -0.15) is 13.2 Å². The van der Waals surface area contributed by atoms with Crippen molar-refractivity contribution in [3.05, 3.63) is 41.0 Å². The normalized spacial score (nSPS) is 11.2. The number of aromatic nitrogens is 2. The summed E-state index contributed by atoms with van der Waals surface area (Å²) in [6, 6.07) is 7.04. The number of nitrogens with zero attached hydrogens (tertiary/aromatic N) is 2. The third-order valence-corrected chi connectivity index (χ3v) is 2.75. The summed E-state index contributed by atoms with van der Waals surface area (Å²) >= 11 is 10.3. The Morgan fingerprint density at radius 1 is 1.19 bits per heavy atom. The molecule has 110 valence electrons. The summed E-state index contributed by atoms with van der Waals surface area (Å²) in [5, 5.41) is 2.54. The molecular formula is C12H8ClF3N4S. The minimum atomic E-state index is -4.61. The average molecular weight is 333 g/mol. The van der Waals surface area contributed by atoms with Gasteiger partial charge in [0, 0.05) is 10.6 Å². The maximum Gasteiger partial charge on any atom is 0.433 e. The predicted molar refractivity (Wildman–Crippen MR) is 77.9 cm³/mol. The summed E-state index contributed by atoms with van der Waals surface area (Å²) in [4.78, 5) is 7.30. The van der Waals surface area contributed by atoms with E-state index in [1.54, 1.807) is 24.3 Å². The molecule has 0 amide bonds. The van der Waals surface area contributed by atoms with Crippen LogP contribution in [-0.2, 0) is 6.18 Å². The number of anilines is 1. The highest BCUT2D eigenvalue weighted by atomic mass is 35.5. The van der Waals surface area contributed by atoms with Gasteiger partial charge in [0.25, 0.3) is 0 Å². The lowest BCUT2D eigenvalue weighted by Crippen LogP contribution is -2.22. The Labute approximate surface area is 128 Å². The van der Waals surface area contributed by atoms with E-state index >= 15 is 0 Å². The Morgan fingerprint density at radius 3 is 2.33 bits per heavy atom. The topological polar surface area (TPSA) is 63.8 Å². The molecule has 0 aliphatic carbocycles. The summed E-state index contributed by atoms with van der Waals surface area (Å²) in [7, 11) is 0. The van der Waals surface area contributed by atoms with Crippen LogP contribution in [0.4, 0.5) is 19.1 Å². The molecule has 1 aromatic carbocycles. The van der Waals surface area contributed by atoms with Crippen LogP contribution >= 0.6 is 23.8 Å². The number of benzene rings is 1. The van der Waals surface area contributed by atoms with Gasteiger partial charge in [-0.05, 0) is 30.4 Å². The molecule has 4 nitrogen and oxygen atoms in total. The van der Waals surface area contributed by atoms with E-state index in [1.165, 1.54) is 0 Å². The number of nitrogens with one attached hydrogen (secondary N) is 1. The molecule has 0 atom stereocenters. The van der Waals surface area contributed by atoms with Gasteiger partial charge in [-0.1, -0.05) is 23.7 Å². The molecule has 21 heavy (non-hydrogen) atoms. The highest BCUT2D eigenvalue weighted by Gasteiger charge is 2.33. The van der Waals surface area contributed by atoms with Gasteiger partial charge in [-0.25, -0.2) is 9.97 Å². The molecule has 0 saturated heterocycles. The maximum absolute atomic E-state index is 12.9. The van der Waals surface area contributed by atoms with Crippen LogP contribution in [-0.4, -0.2) is 15.1 Å². The van der Waals surface area contributed by atoms with Crippen molar-refractivity contribution in [3.63, 3.8) is 0 Å². The van der Waals surface area contributed by atoms with Gasteiger partial charge in [-0.3, -0.25) is 0 Å². The van der Waals surface area contributed by atoms with Gasteiger partial charge < -0.3 is 11.1 Å². The standard InChI is InChI=1S/C12H8ClF3N4S/c13-7-3-1-6(2-4-7)8-5-9(12(14,15)16)19-11(18-8)20-10(17)21/h1-5H,(H3,17,18,19,20,21). The van der Waals surface area contributed by atoms with Gasteiger partial charge in [0.15, 0.2) is 10.8 Å². The molecule has 3 N–H and O–H groups in total. The highest BCUT2D eigenvalue weighted by molar-refractivity contribution is 7.80. The Kier molecular flexibility index (Phi) is 4.29. The second kappa shape index (κ2) is 5.82. The van der Waals surface area contributed by atoms with Gasteiger partial charge >= 0.3 is 6.18 Å². The van der Waals surface area contributed by atoms with E-state index in [1.807, 2.05) is 0 Å². The summed E-state index contributed by atoms with van der Waals surface area (Å²) in [6.07, 6.45) is -4.61. The number of rotatable bonds is 2. The summed E-state index contributed by atoms with van der Waals surface area (Å²) in [5.41, 5.74) is 4.67. The average Bonchev–Trinajstić information content (AvgIpc) is 2.37. The smallest absolute Gasteiger partial charge is 0.376 e. The van der Waals surface area contributed by atoms with Crippen LogP contribution in [0.5, 0.6) is 0 Å². The molecule has 1 heterocycles. The molecule has 0 unspecified atom stereocenters. The lowest BCUT2D eigenvalue weighted by atomic mass is 10.1. The van der Waals surface area contributed by atoms with E-state index in [-0.39, 0.29) is 16.8 Å². The quantitative estimate of drug-likeness (QED) is 0.824. The second-order valence-corrected chi connectivity index (χ2v) is 4.83. The first-order valence-electron chi connectivity index (χ1n) is 5.54. The van der Waals surface area contributed by atoms with Gasteiger partial charge in [0.05, 0.1) is 5.69 Å². The van der Waals surface area contributed by atoms with E-state index in [0.717, 1.165) is 6.07 Å². The summed E-state index contributed by atoms with van der Waals surface area (Å²) < 4.78 is 38.6. The zero-order valence-corrected chi connectivity index (χ0v) is 11.9. The van der Waals surface area contributed by atoms with Crippen molar-refractivity contribution in [3.8, 4) is 11.3 Å². The monoisotopic (exact) mass is 332 g/mol. The minimum absolute atomic E-state index is 0.0766. The first-order chi connectivity index (χ1) is 9.75. The molecule has 0 bridgehead atoms. The third-order valence-electron chi connectivity index (χ3n) is 2.39. The number of thiocarbonyl (C=S) groups is 1. The van der Waals surface area contributed by atoms with Crippen molar-refractivity contribution >= 4 is 34.9 Å². The van der Waals surface area contributed by atoms with E-state index in [2.05, 4.69) is 27.5 Å². The zero-order valence-electron chi connectivity index (χ0n) is 10.3. The van der Waals surface area contributed by atoms with Crippen molar-refractivity contribution < 1.29 is 13.2 Å². The van der Waals surface area contributed by atoms with Crippen LogP contribution in [0, 0.1) is 0 Å². The highest BCUT2D eigenvalue weighted by Crippen LogP contribution is 2.31. The summed E-state index contributed by atoms with van der Waals surface area (Å²) in [6.45, 7) is 0. The molecule has 0 aliphatic heterocycles. The first-order valence-corrected chi connectivity index (χ1v) is 6.33. The lowest BCUT2D eigenvalue weighted by molar-refractivity contribution is -0.141. The van der Waals surface area contributed by atoms with Gasteiger partial charge in [-0.15, -0.1) is 0 Å². The Balaban J connectivity index is 2.54. The fourth-order valence-corrected chi connectivity index (χ4v) is 1.74. The van der Waals surface area contributed by atoms with Crippen LogP contribution in [0.15, 0.2) is 30.3 Å². The first kappa shape index (κ1) is 15.5. The number of alkyl halides is 3. The van der Waals surface area contributed by atoms with Crippen LogP contribution in [0.1, 0.15) is 5.69 Å². The molecule has 0 fully saturated rings. The number of hydrogen-bond acceptors (Lipinski definition) is 3. The second-order valence-electron chi connectivity index (χ2n) is 3.96. The Bertz CT molecular complexity index is 673. The molecule has 0 saturated carbocycles. The van der Waals surface area contributed by atoms with Gasteiger partial charge in [0.1, 0.15) is 0 Å². The fraction of sp³-hybridized carbons (Fsp3) is 0.0833. The zero-order chi connectivity index (χ0) is 15.6. The fourth-order valence-electron chi connectivity index (χ4n) is 1.53. The van der Waals surface area contributed by atoms with Crippen molar-refractivity contribution in [1.82, 2.24) is 9.97 Å². The SMILES string of the molecule is NC(=S)Nc1nc(-c2ccc(Cl)cc2)cc(C(F)(F)F)n1. The van der Waals surface area contributed by atoms with Crippen molar-refractivity contribution in [2.75, 3.05) is 5.32 Å². The van der Waals surface area contributed by atoms with E-state index < -0.39 is 11.9 Å². The Morgan fingerprint density at radius 2 is 1.81 bits per heavy atom. The number of nitrogens with two attached hydrogens (primary N) is 1. The van der Waals surface area contributed by atoms with Crippen LogP contribution in [0.2, 0.25) is 5.02 Å². The third kappa shape index (κ3) is 4.02. The molecule has 0 spiro atoms. The predicted octanol–water partition coefficient (Wildman–Crippen LogP) is 3.47.